The van der Waals surface area contributed by atoms with Crippen molar-refractivity contribution in [2.24, 2.45) is 0 Å². The second-order valence-corrected chi connectivity index (χ2v) is 4.80. The van der Waals surface area contributed by atoms with Crippen molar-refractivity contribution >= 4 is 0 Å². The minimum Gasteiger partial charge on any atom is -0.497 e. The van der Waals surface area contributed by atoms with Gasteiger partial charge in [-0.25, -0.2) is 4.68 Å². The Balaban J connectivity index is 1.95. The summed E-state index contributed by atoms with van der Waals surface area (Å²) in [5.41, 5.74) is 2.38. The molecule has 3 heteroatoms. The molecule has 0 saturated heterocycles. The van der Waals surface area contributed by atoms with Crippen LogP contribution < -0.4 is 4.74 Å². The molecule has 2 rings (SSSR count). The van der Waals surface area contributed by atoms with Crippen molar-refractivity contribution in [2.75, 3.05) is 7.11 Å². The van der Waals surface area contributed by atoms with Crippen LogP contribution in [0.2, 0.25) is 0 Å². The van der Waals surface area contributed by atoms with Crippen LogP contribution >= 0.6 is 0 Å². The van der Waals surface area contributed by atoms with Crippen molar-refractivity contribution in [1.82, 2.24) is 9.78 Å². The predicted octanol–water partition coefficient (Wildman–Crippen LogP) is 4.00. The average molecular weight is 258 g/mol. The molecule has 0 aliphatic rings. The molecular formula is C16H22N2O. The van der Waals surface area contributed by atoms with E-state index in [1.165, 1.54) is 31.2 Å². The highest BCUT2D eigenvalue weighted by molar-refractivity contribution is 5.37. The Labute approximate surface area is 115 Å². The standard InChI is InChI=1S/C16H22N2O/c1-3-4-5-6-7-14-12-17-18(13-14)15-8-10-16(19-2)11-9-15/h8-13H,3-7H2,1-2H3. The van der Waals surface area contributed by atoms with Gasteiger partial charge in [0.15, 0.2) is 0 Å². The van der Waals surface area contributed by atoms with Crippen molar-refractivity contribution in [3.05, 3.63) is 42.2 Å². The number of hydrogen-bond donors (Lipinski definition) is 0. The molecule has 0 atom stereocenters. The summed E-state index contributed by atoms with van der Waals surface area (Å²) in [5, 5.41) is 4.42. The lowest BCUT2D eigenvalue weighted by molar-refractivity contribution is 0.414. The van der Waals surface area contributed by atoms with Gasteiger partial charge in [-0.05, 0) is 42.7 Å². The fourth-order valence-corrected chi connectivity index (χ4v) is 2.12. The average Bonchev–Trinajstić information content (AvgIpc) is 2.92. The molecule has 0 aliphatic carbocycles. The largest absolute Gasteiger partial charge is 0.497 e. The molecule has 0 unspecified atom stereocenters. The van der Waals surface area contributed by atoms with E-state index >= 15 is 0 Å². The van der Waals surface area contributed by atoms with Gasteiger partial charge in [0.1, 0.15) is 5.75 Å². The number of methoxy groups -OCH3 is 1. The maximum Gasteiger partial charge on any atom is 0.119 e. The molecule has 0 N–H and O–H groups in total. The SMILES string of the molecule is CCCCCCc1cnn(-c2ccc(OC)cc2)c1. The molecule has 0 fully saturated rings. The Bertz CT molecular complexity index is 488. The van der Waals surface area contributed by atoms with Crippen molar-refractivity contribution < 1.29 is 4.74 Å². The van der Waals surface area contributed by atoms with Crippen LogP contribution in [0.3, 0.4) is 0 Å². The molecule has 0 saturated carbocycles. The quantitative estimate of drug-likeness (QED) is 0.702. The molecule has 0 spiro atoms. The zero-order valence-electron chi connectivity index (χ0n) is 11.8. The van der Waals surface area contributed by atoms with E-state index in [0.29, 0.717) is 0 Å². The lowest BCUT2D eigenvalue weighted by Crippen LogP contribution is -1.94. The lowest BCUT2D eigenvalue weighted by Gasteiger charge is -2.03. The van der Waals surface area contributed by atoms with Gasteiger partial charge in [0.2, 0.25) is 0 Å². The Hall–Kier alpha value is -1.77. The highest BCUT2D eigenvalue weighted by Gasteiger charge is 2.01. The third-order valence-corrected chi connectivity index (χ3v) is 3.29. The first-order valence-corrected chi connectivity index (χ1v) is 7.01. The van der Waals surface area contributed by atoms with E-state index in [0.717, 1.165) is 17.9 Å². The molecule has 0 amide bonds. The maximum absolute atomic E-state index is 5.16. The van der Waals surface area contributed by atoms with Gasteiger partial charge in [-0.3, -0.25) is 0 Å². The number of aryl methyl sites for hydroxylation is 1. The minimum absolute atomic E-state index is 0.871. The molecular weight excluding hydrogens is 236 g/mol. The van der Waals surface area contributed by atoms with Crippen LogP contribution in [0, 0.1) is 0 Å². The Morgan fingerprint density at radius 1 is 1.11 bits per heavy atom. The van der Waals surface area contributed by atoms with E-state index in [9.17, 15) is 0 Å². The van der Waals surface area contributed by atoms with Crippen LogP contribution in [0.1, 0.15) is 38.2 Å². The predicted molar refractivity (Wildman–Crippen MR) is 78.0 cm³/mol. The summed E-state index contributed by atoms with van der Waals surface area (Å²) in [6, 6.07) is 7.95. The number of unbranched alkanes of at least 4 members (excludes halogenated alkanes) is 3. The summed E-state index contributed by atoms with van der Waals surface area (Å²) in [6.45, 7) is 2.24. The summed E-state index contributed by atoms with van der Waals surface area (Å²) in [6.07, 6.45) is 10.4. The Kier molecular flexibility index (Phi) is 5.01. The van der Waals surface area contributed by atoms with Gasteiger partial charge in [0.05, 0.1) is 19.0 Å². The van der Waals surface area contributed by atoms with Crippen molar-refractivity contribution in [1.29, 1.82) is 0 Å². The van der Waals surface area contributed by atoms with Crippen molar-refractivity contribution in [3.63, 3.8) is 0 Å². The number of ether oxygens (including phenoxy) is 1. The monoisotopic (exact) mass is 258 g/mol. The second-order valence-electron chi connectivity index (χ2n) is 4.80. The van der Waals surface area contributed by atoms with E-state index < -0.39 is 0 Å². The van der Waals surface area contributed by atoms with Crippen LogP contribution in [0.5, 0.6) is 5.75 Å². The van der Waals surface area contributed by atoms with Crippen LogP contribution in [0.4, 0.5) is 0 Å². The van der Waals surface area contributed by atoms with Crippen LogP contribution in [-0.4, -0.2) is 16.9 Å². The first-order valence-electron chi connectivity index (χ1n) is 7.01. The van der Waals surface area contributed by atoms with Gasteiger partial charge < -0.3 is 4.74 Å². The van der Waals surface area contributed by atoms with Gasteiger partial charge in [0.25, 0.3) is 0 Å². The van der Waals surface area contributed by atoms with Crippen LogP contribution in [-0.2, 0) is 6.42 Å². The third-order valence-electron chi connectivity index (χ3n) is 3.29. The number of benzene rings is 1. The van der Waals surface area contributed by atoms with E-state index in [-0.39, 0.29) is 0 Å². The highest BCUT2D eigenvalue weighted by atomic mass is 16.5. The van der Waals surface area contributed by atoms with Crippen molar-refractivity contribution in [3.8, 4) is 11.4 Å². The summed E-state index contributed by atoms with van der Waals surface area (Å²) in [7, 11) is 1.68. The number of nitrogens with zero attached hydrogens (tertiary/aromatic N) is 2. The lowest BCUT2D eigenvalue weighted by atomic mass is 10.1. The minimum atomic E-state index is 0.871. The molecule has 102 valence electrons. The van der Waals surface area contributed by atoms with E-state index in [4.69, 9.17) is 4.74 Å². The van der Waals surface area contributed by atoms with E-state index in [1.807, 2.05) is 35.1 Å². The zero-order chi connectivity index (χ0) is 13.5. The molecule has 2 aromatic rings. The first kappa shape index (κ1) is 13.7. The fourth-order valence-electron chi connectivity index (χ4n) is 2.12. The van der Waals surface area contributed by atoms with E-state index in [2.05, 4.69) is 18.2 Å². The molecule has 0 aliphatic heterocycles. The normalized spacial score (nSPS) is 10.6. The molecule has 1 aromatic carbocycles. The van der Waals surface area contributed by atoms with Gasteiger partial charge >= 0.3 is 0 Å². The Morgan fingerprint density at radius 2 is 1.89 bits per heavy atom. The smallest absolute Gasteiger partial charge is 0.119 e. The first-order chi connectivity index (χ1) is 9.33. The fraction of sp³-hybridized carbons (Fsp3) is 0.438. The molecule has 1 aromatic heterocycles. The summed E-state index contributed by atoms with van der Waals surface area (Å²) in [4.78, 5) is 0. The third kappa shape index (κ3) is 3.85. The Morgan fingerprint density at radius 3 is 2.58 bits per heavy atom. The van der Waals surface area contributed by atoms with Gasteiger partial charge in [-0.2, -0.15) is 5.10 Å². The maximum atomic E-state index is 5.16. The van der Waals surface area contributed by atoms with Gasteiger partial charge in [0, 0.05) is 6.20 Å². The zero-order valence-corrected chi connectivity index (χ0v) is 11.8. The van der Waals surface area contributed by atoms with Crippen LogP contribution in [0.15, 0.2) is 36.7 Å². The van der Waals surface area contributed by atoms with Crippen LogP contribution in [0.25, 0.3) is 5.69 Å². The van der Waals surface area contributed by atoms with Crippen molar-refractivity contribution in [2.45, 2.75) is 39.0 Å². The number of hydrogen-bond acceptors (Lipinski definition) is 2. The summed E-state index contributed by atoms with van der Waals surface area (Å²) in [5.74, 6) is 0.871. The number of rotatable bonds is 7. The number of aromatic nitrogens is 2. The van der Waals surface area contributed by atoms with Gasteiger partial charge in [-0.1, -0.05) is 26.2 Å². The summed E-state index contributed by atoms with van der Waals surface area (Å²) < 4.78 is 7.08. The summed E-state index contributed by atoms with van der Waals surface area (Å²) >= 11 is 0. The molecule has 0 bridgehead atoms. The topological polar surface area (TPSA) is 27.1 Å². The van der Waals surface area contributed by atoms with Gasteiger partial charge in [-0.15, -0.1) is 0 Å². The van der Waals surface area contributed by atoms with E-state index in [1.54, 1.807) is 7.11 Å². The molecule has 0 radical (unpaired) electrons. The second kappa shape index (κ2) is 6.98. The molecule has 1 heterocycles. The molecule has 19 heavy (non-hydrogen) atoms. The molecule has 3 nitrogen and oxygen atoms in total. The highest BCUT2D eigenvalue weighted by Crippen LogP contribution is 2.15.